The molecule has 0 fully saturated rings. The standard InChI is InChI=1S/C18H24BrN5OS/c1-4-14-10-22-17(26-14)7-8-21-18(20-3)23-11-16(25)24-15-9-13(19)6-5-12(15)2/h5-6,9-10H,4,7-8,11H2,1-3H3,(H,24,25)(H2,20,21,23). The fourth-order valence-corrected chi connectivity index (χ4v) is 3.45. The summed E-state index contributed by atoms with van der Waals surface area (Å²) in [4.78, 5) is 22.0. The molecule has 6 nitrogen and oxygen atoms in total. The maximum atomic E-state index is 12.1. The number of hydrogen-bond acceptors (Lipinski definition) is 4. The molecule has 0 spiro atoms. The van der Waals surface area contributed by atoms with Crippen molar-refractivity contribution in [1.82, 2.24) is 15.6 Å². The number of anilines is 1. The third kappa shape index (κ3) is 6.42. The minimum Gasteiger partial charge on any atom is -0.356 e. The number of carbonyl (C=O) groups excluding carboxylic acids is 1. The summed E-state index contributed by atoms with van der Waals surface area (Å²) in [5, 5.41) is 10.2. The van der Waals surface area contributed by atoms with E-state index in [4.69, 9.17) is 0 Å². The molecule has 1 amide bonds. The summed E-state index contributed by atoms with van der Waals surface area (Å²) in [6.45, 7) is 4.94. The van der Waals surface area contributed by atoms with Gasteiger partial charge in [-0.25, -0.2) is 4.98 Å². The number of nitrogens with one attached hydrogen (secondary N) is 3. The maximum Gasteiger partial charge on any atom is 0.243 e. The Kier molecular flexibility index (Phi) is 8.06. The average molecular weight is 438 g/mol. The molecule has 3 N–H and O–H groups in total. The lowest BCUT2D eigenvalue weighted by molar-refractivity contribution is -0.115. The Labute approximate surface area is 166 Å². The van der Waals surface area contributed by atoms with Crippen molar-refractivity contribution in [3.8, 4) is 0 Å². The fraction of sp³-hybridized carbons (Fsp3) is 0.389. The Morgan fingerprint density at radius 3 is 2.85 bits per heavy atom. The number of halogens is 1. The smallest absolute Gasteiger partial charge is 0.243 e. The SMILES string of the molecule is CCc1cnc(CCNC(=NC)NCC(=O)Nc2cc(Br)ccc2C)s1. The molecule has 1 aromatic heterocycles. The van der Waals surface area contributed by atoms with Crippen LogP contribution >= 0.6 is 27.3 Å². The number of carbonyl (C=O) groups is 1. The van der Waals surface area contributed by atoms with E-state index in [-0.39, 0.29) is 12.5 Å². The third-order valence-corrected chi connectivity index (χ3v) is 5.39. The van der Waals surface area contributed by atoms with Gasteiger partial charge in [0.1, 0.15) is 0 Å². The molecule has 140 valence electrons. The lowest BCUT2D eigenvalue weighted by atomic mass is 10.2. The van der Waals surface area contributed by atoms with Crippen molar-refractivity contribution >= 4 is 44.8 Å². The molecular formula is C18H24BrN5OS. The molecule has 26 heavy (non-hydrogen) atoms. The van der Waals surface area contributed by atoms with Crippen LogP contribution in [0.2, 0.25) is 0 Å². The summed E-state index contributed by atoms with van der Waals surface area (Å²) in [6, 6.07) is 5.79. The molecule has 1 heterocycles. The van der Waals surface area contributed by atoms with Crippen molar-refractivity contribution in [3.05, 3.63) is 44.3 Å². The van der Waals surface area contributed by atoms with E-state index in [1.807, 2.05) is 31.3 Å². The Balaban J connectivity index is 1.75. The number of aryl methyl sites for hydroxylation is 2. The second-order valence-corrected chi connectivity index (χ2v) is 7.80. The van der Waals surface area contributed by atoms with Gasteiger partial charge < -0.3 is 16.0 Å². The predicted octanol–water partition coefficient (Wildman–Crippen LogP) is 3.12. The molecule has 0 aliphatic carbocycles. The van der Waals surface area contributed by atoms with Crippen molar-refractivity contribution in [1.29, 1.82) is 0 Å². The summed E-state index contributed by atoms with van der Waals surface area (Å²) >= 11 is 5.15. The first kappa shape index (κ1) is 20.4. The van der Waals surface area contributed by atoms with E-state index in [1.165, 1.54) is 4.88 Å². The maximum absolute atomic E-state index is 12.1. The molecule has 0 aliphatic heterocycles. The zero-order chi connectivity index (χ0) is 18.9. The molecule has 2 aromatic rings. The van der Waals surface area contributed by atoms with Crippen LogP contribution in [0.5, 0.6) is 0 Å². The van der Waals surface area contributed by atoms with E-state index in [2.05, 4.69) is 48.8 Å². The molecular weight excluding hydrogens is 414 g/mol. The molecule has 2 rings (SSSR count). The van der Waals surface area contributed by atoms with Crippen LogP contribution in [0.25, 0.3) is 0 Å². The van der Waals surface area contributed by atoms with Crippen molar-refractivity contribution in [2.45, 2.75) is 26.7 Å². The fourth-order valence-electron chi connectivity index (χ4n) is 2.22. The zero-order valence-corrected chi connectivity index (χ0v) is 17.6. The second kappa shape index (κ2) is 10.3. The minimum atomic E-state index is -0.123. The second-order valence-electron chi connectivity index (χ2n) is 5.68. The highest BCUT2D eigenvalue weighted by molar-refractivity contribution is 9.10. The van der Waals surface area contributed by atoms with Crippen LogP contribution in [0.3, 0.4) is 0 Å². The van der Waals surface area contributed by atoms with E-state index in [1.54, 1.807) is 18.4 Å². The van der Waals surface area contributed by atoms with Gasteiger partial charge in [0.25, 0.3) is 0 Å². The van der Waals surface area contributed by atoms with E-state index in [0.29, 0.717) is 12.5 Å². The molecule has 0 saturated heterocycles. The summed E-state index contributed by atoms with van der Waals surface area (Å²) in [5.41, 5.74) is 1.81. The zero-order valence-electron chi connectivity index (χ0n) is 15.2. The van der Waals surface area contributed by atoms with Crippen LogP contribution in [0, 0.1) is 6.92 Å². The van der Waals surface area contributed by atoms with Gasteiger partial charge >= 0.3 is 0 Å². The topological polar surface area (TPSA) is 78.4 Å². The van der Waals surface area contributed by atoms with E-state index in [0.717, 1.165) is 33.6 Å². The van der Waals surface area contributed by atoms with Gasteiger partial charge in [0.15, 0.2) is 5.96 Å². The summed E-state index contributed by atoms with van der Waals surface area (Å²) in [6.07, 6.45) is 3.77. The average Bonchev–Trinajstić information content (AvgIpc) is 3.09. The van der Waals surface area contributed by atoms with Crippen molar-refractivity contribution in [3.63, 3.8) is 0 Å². The Morgan fingerprint density at radius 2 is 2.15 bits per heavy atom. The van der Waals surface area contributed by atoms with Gasteiger partial charge in [-0.3, -0.25) is 9.79 Å². The number of benzene rings is 1. The van der Waals surface area contributed by atoms with Crippen molar-refractivity contribution in [2.75, 3.05) is 25.5 Å². The first-order valence-electron chi connectivity index (χ1n) is 8.46. The minimum absolute atomic E-state index is 0.123. The van der Waals surface area contributed by atoms with Crippen LogP contribution in [0.1, 0.15) is 22.4 Å². The Morgan fingerprint density at radius 1 is 1.35 bits per heavy atom. The van der Waals surface area contributed by atoms with Gasteiger partial charge in [-0.15, -0.1) is 11.3 Å². The lowest BCUT2D eigenvalue weighted by Crippen LogP contribution is -2.42. The highest BCUT2D eigenvalue weighted by Gasteiger charge is 2.07. The van der Waals surface area contributed by atoms with Crippen LogP contribution in [0.15, 0.2) is 33.9 Å². The first-order valence-corrected chi connectivity index (χ1v) is 10.1. The quantitative estimate of drug-likeness (QED) is 0.459. The number of amides is 1. The predicted molar refractivity (Wildman–Crippen MR) is 112 cm³/mol. The number of aliphatic imine (C=N–C) groups is 1. The molecule has 0 saturated carbocycles. The van der Waals surface area contributed by atoms with Gasteiger partial charge in [0.2, 0.25) is 5.91 Å². The number of rotatable bonds is 7. The van der Waals surface area contributed by atoms with Crippen molar-refractivity contribution in [2.24, 2.45) is 4.99 Å². The molecule has 0 bridgehead atoms. The summed E-state index contributed by atoms with van der Waals surface area (Å²) in [5.74, 6) is 0.472. The normalized spacial score (nSPS) is 11.3. The Hall–Kier alpha value is -1.93. The number of aromatic nitrogens is 1. The van der Waals surface area contributed by atoms with E-state index in [9.17, 15) is 4.79 Å². The molecule has 0 aliphatic rings. The summed E-state index contributed by atoms with van der Waals surface area (Å²) < 4.78 is 0.928. The largest absolute Gasteiger partial charge is 0.356 e. The summed E-state index contributed by atoms with van der Waals surface area (Å²) in [7, 11) is 1.68. The van der Waals surface area contributed by atoms with Gasteiger partial charge in [-0.05, 0) is 31.0 Å². The molecule has 8 heteroatoms. The van der Waals surface area contributed by atoms with Crippen LogP contribution in [0.4, 0.5) is 5.69 Å². The molecule has 0 radical (unpaired) electrons. The number of thiazole rings is 1. The molecule has 1 aromatic carbocycles. The highest BCUT2D eigenvalue weighted by atomic mass is 79.9. The lowest BCUT2D eigenvalue weighted by Gasteiger charge is -2.12. The van der Waals surface area contributed by atoms with Gasteiger partial charge in [0, 0.05) is 41.2 Å². The third-order valence-electron chi connectivity index (χ3n) is 3.69. The molecule has 0 unspecified atom stereocenters. The first-order chi connectivity index (χ1) is 12.5. The van der Waals surface area contributed by atoms with E-state index >= 15 is 0 Å². The Bertz CT molecular complexity index is 775. The number of guanidine groups is 1. The van der Waals surface area contributed by atoms with Crippen molar-refractivity contribution < 1.29 is 4.79 Å². The van der Waals surface area contributed by atoms with Crippen LogP contribution < -0.4 is 16.0 Å². The number of nitrogens with zero attached hydrogens (tertiary/aromatic N) is 2. The highest BCUT2D eigenvalue weighted by Crippen LogP contribution is 2.20. The van der Waals surface area contributed by atoms with Crippen LogP contribution in [-0.2, 0) is 17.6 Å². The van der Waals surface area contributed by atoms with Gasteiger partial charge in [-0.2, -0.15) is 0 Å². The van der Waals surface area contributed by atoms with Gasteiger partial charge in [-0.1, -0.05) is 28.9 Å². The van der Waals surface area contributed by atoms with E-state index < -0.39 is 0 Å². The number of hydrogen-bond donors (Lipinski definition) is 3. The monoisotopic (exact) mass is 437 g/mol. The molecule has 0 atom stereocenters. The van der Waals surface area contributed by atoms with Gasteiger partial charge in [0.05, 0.1) is 11.6 Å². The van der Waals surface area contributed by atoms with Crippen LogP contribution in [-0.4, -0.2) is 37.0 Å².